The maximum Gasteiger partial charge on any atom is 0.0438 e. The number of hydrogen-bond acceptors (Lipinski definition) is 1. The molecule has 0 heterocycles. The zero-order valence-electron chi connectivity index (χ0n) is 12.1. The van der Waals surface area contributed by atoms with Crippen LogP contribution in [0.25, 0.3) is 0 Å². The predicted molar refractivity (Wildman–Crippen MR) is 87.1 cm³/mol. The van der Waals surface area contributed by atoms with Gasteiger partial charge in [-0.3, -0.25) is 0 Å². The highest BCUT2D eigenvalue weighted by Gasteiger charge is 2.10. The third-order valence-corrected chi connectivity index (χ3v) is 3.79. The van der Waals surface area contributed by atoms with E-state index in [1.807, 2.05) is 24.3 Å². The van der Waals surface area contributed by atoms with Gasteiger partial charge >= 0.3 is 0 Å². The number of rotatable bonds is 5. The minimum atomic E-state index is -0.0120. The van der Waals surface area contributed by atoms with Gasteiger partial charge in [0.2, 0.25) is 0 Å². The van der Waals surface area contributed by atoms with Crippen LogP contribution >= 0.6 is 11.6 Å². The highest BCUT2D eigenvalue weighted by Crippen LogP contribution is 2.23. The molecular weight excluding hydrogens is 266 g/mol. The van der Waals surface area contributed by atoms with Crippen LogP contribution in [0.4, 0.5) is 0 Å². The van der Waals surface area contributed by atoms with Gasteiger partial charge in [0.25, 0.3) is 0 Å². The lowest BCUT2D eigenvalue weighted by Gasteiger charge is -2.15. The highest BCUT2D eigenvalue weighted by atomic mass is 35.5. The Bertz CT molecular complexity index is 563. The van der Waals surface area contributed by atoms with E-state index >= 15 is 0 Å². The van der Waals surface area contributed by atoms with Gasteiger partial charge in [0, 0.05) is 11.1 Å². The van der Waals surface area contributed by atoms with Gasteiger partial charge in [-0.15, -0.1) is 0 Å². The van der Waals surface area contributed by atoms with Crippen molar-refractivity contribution in [3.05, 3.63) is 70.2 Å². The van der Waals surface area contributed by atoms with Crippen molar-refractivity contribution in [2.75, 3.05) is 0 Å². The summed E-state index contributed by atoms with van der Waals surface area (Å²) in [6, 6.07) is 16.5. The summed E-state index contributed by atoms with van der Waals surface area (Å²) < 4.78 is 0. The van der Waals surface area contributed by atoms with Crippen LogP contribution in [0, 0.1) is 5.92 Å². The Hall–Kier alpha value is -1.31. The van der Waals surface area contributed by atoms with Crippen LogP contribution in [-0.4, -0.2) is 0 Å². The summed E-state index contributed by atoms with van der Waals surface area (Å²) in [5.74, 6) is 0.657. The molecule has 0 aliphatic heterocycles. The van der Waals surface area contributed by atoms with Gasteiger partial charge in [-0.25, -0.2) is 0 Å². The molecule has 106 valence electrons. The fourth-order valence-electron chi connectivity index (χ4n) is 2.44. The SMILES string of the molecule is CC(C)Cc1cccc(C(N)Cc2ccccc2Cl)c1. The number of hydrogen-bond donors (Lipinski definition) is 1. The minimum absolute atomic E-state index is 0.0120. The average Bonchev–Trinajstić information content (AvgIpc) is 2.41. The van der Waals surface area contributed by atoms with E-state index in [9.17, 15) is 0 Å². The second-order valence-corrected chi connectivity index (χ2v) is 6.15. The molecule has 2 heteroatoms. The topological polar surface area (TPSA) is 26.0 Å². The first-order valence-electron chi connectivity index (χ1n) is 7.14. The van der Waals surface area contributed by atoms with E-state index in [0.29, 0.717) is 5.92 Å². The molecule has 20 heavy (non-hydrogen) atoms. The summed E-state index contributed by atoms with van der Waals surface area (Å²) in [5.41, 5.74) is 9.98. The molecule has 0 saturated heterocycles. The van der Waals surface area contributed by atoms with Gasteiger partial charge in [-0.1, -0.05) is 67.9 Å². The van der Waals surface area contributed by atoms with E-state index in [4.69, 9.17) is 17.3 Å². The Labute approximate surface area is 126 Å². The van der Waals surface area contributed by atoms with Crippen LogP contribution in [0.15, 0.2) is 48.5 Å². The van der Waals surface area contributed by atoms with Crippen molar-refractivity contribution in [3.63, 3.8) is 0 Å². The zero-order chi connectivity index (χ0) is 14.5. The van der Waals surface area contributed by atoms with Gasteiger partial charge in [-0.2, -0.15) is 0 Å². The molecule has 0 amide bonds. The van der Waals surface area contributed by atoms with Crippen molar-refractivity contribution in [1.82, 2.24) is 0 Å². The largest absolute Gasteiger partial charge is 0.324 e. The van der Waals surface area contributed by atoms with Gasteiger partial charge in [0.05, 0.1) is 0 Å². The van der Waals surface area contributed by atoms with Crippen LogP contribution in [0.3, 0.4) is 0 Å². The molecule has 1 atom stereocenters. The molecule has 0 fully saturated rings. The Morgan fingerprint density at radius 2 is 1.75 bits per heavy atom. The molecule has 0 radical (unpaired) electrons. The molecule has 1 unspecified atom stereocenters. The number of halogens is 1. The van der Waals surface area contributed by atoms with Crippen LogP contribution in [0.1, 0.15) is 36.6 Å². The zero-order valence-corrected chi connectivity index (χ0v) is 12.9. The lowest BCUT2D eigenvalue weighted by atomic mass is 9.95. The fourth-order valence-corrected chi connectivity index (χ4v) is 2.65. The quantitative estimate of drug-likeness (QED) is 0.841. The maximum absolute atomic E-state index is 6.34. The molecular formula is C18H22ClN. The third kappa shape index (κ3) is 4.09. The van der Waals surface area contributed by atoms with Crippen LogP contribution < -0.4 is 5.73 Å². The number of benzene rings is 2. The van der Waals surface area contributed by atoms with Crippen LogP contribution in [0.2, 0.25) is 5.02 Å². The summed E-state index contributed by atoms with van der Waals surface area (Å²) in [6.07, 6.45) is 1.86. The normalized spacial score (nSPS) is 12.7. The number of nitrogens with two attached hydrogens (primary N) is 1. The van der Waals surface area contributed by atoms with Gasteiger partial charge in [0.15, 0.2) is 0 Å². The Balaban J connectivity index is 2.13. The van der Waals surface area contributed by atoms with E-state index in [1.165, 1.54) is 11.1 Å². The Morgan fingerprint density at radius 1 is 1.00 bits per heavy atom. The summed E-state index contributed by atoms with van der Waals surface area (Å²) >= 11 is 6.20. The Kier molecular flexibility index (Phi) is 5.22. The molecule has 2 rings (SSSR count). The van der Waals surface area contributed by atoms with Crippen LogP contribution in [0.5, 0.6) is 0 Å². The predicted octanol–water partition coefficient (Wildman–Crippen LogP) is 4.78. The van der Waals surface area contributed by atoms with E-state index in [-0.39, 0.29) is 6.04 Å². The molecule has 2 aromatic carbocycles. The average molecular weight is 288 g/mol. The van der Waals surface area contributed by atoms with Gasteiger partial charge < -0.3 is 5.73 Å². The highest BCUT2D eigenvalue weighted by molar-refractivity contribution is 6.31. The molecule has 2 N–H and O–H groups in total. The second-order valence-electron chi connectivity index (χ2n) is 5.75. The molecule has 0 aliphatic rings. The fraction of sp³-hybridized carbons (Fsp3) is 0.333. The van der Waals surface area contributed by atoms with E-state index < -0.39 is 0 Å². The molecule has 0 spiro atoms. The molecule has 0 bridgehead atoms. The lowest BCUT2D eigenvalue weighted by molar-refractivity contribution is 0.644. The third-order valence-electron chi connectivity index (χ3n) is 3.42. The van der Waals surface area contributed by atoms with Crippen LogP contribution in [-0.2, 0) is 12.8 Å². The van der Waals surface area contributed by atoms with E-state index in [0.717, 1.165) is 23.4 Å². The molecule has 0 saturated carbocycles. The van der Waals surface area contributed by atoms with Crippen molar-refractivity contribution in [3.8, 4) is 0 Å². The molecule has 1 nitrogen and oxygen atoms in total. The maximum atomic E-state index is 6.34. The first kappa shape index (κ1) is 15.1. The summed E-state index contributed by atoms with van der Waals surface area (Å²) in [5, 5.41) is 0.793. The molecule has 0 aromatic heterocycles. The van der Waals surface area contributed by atoms with E-state index in [2.05, 4.69) is 38.1 Å². The first-order chi connectivity index (χ1) is 9.56. The summed E-state index contributed by atoms with van der Waals surface area (Å²) in [4.78, 5) is 0. The standard InChI is InChI=1S/C18H22ClN/c1-13(2)10-14-6-5-8-16(11-14)18(20)12-15-7-3-4-9-17(15)19/h3-9,11,13,18H,10,12,20H2,1-2H3. The van der Waals surface area contributed by atoms with Crippen molar-refractivity contribution < 1.29 is 0 Å². The van der Waals surface area contributed by atoms with Gasteiger partial charge in [-0.05, 0) is 41.5 Å². The second kappa shape index (κ2) is 6.92. The van der Waals surface area contributed by atoms with Crippen molar-refractivity contribution in [2.24, 2.45) is 11.7 Å². The Morgan fingerprint density at radius 3 is 2.45 bits per heavy atom. The van der Waals surface area contributed by atoms with Crippen molar-refractivity contribution in [2.45, 2.75) is 32.7 Å². The van der Waals surface area contributed by atoms with Crippen molar-refractivity contribution >= 4 is 11.6 Å². The molecule has 2 aromatic rings. The molecule has 0 aliphatic carbocycles. The lowest BCUT2D eigenvalue weighted by Crippen LogP contribution is -2.14. The summed E-state index contributed by atoms with van der Waals surface area (Å²) in [7, 11) is 0. The van der Waals surface area contributed by atoms with Gasteiger partial charge in [0.1, 0.15) is 0 Å². The monoisotopic (exact) mass is 287 g/mol. The summed E-state index contributed by atoms with van der Waals surface area (Å²) in [6.45, 7) is 4.46. The smallest absolute Gasteiger partial charge is 0.0438 e. The van der Waals surface area contributed by atoms with E-state index in [1.54, 1.807) is 0 Å². The van der Waals surface area contributed by atoms with Crippen molar-refractivity contribution in [1.29, 1.82) is 0 Å². The first-order valence-corrected chi connectivity index (χ1v) is 7.52. The minimum Gasteiger partial charge on any atom is -0.324 e.